The van der Waals surface area contributed by atoms with Gasteiger partial charge in [0.2, 0.25) is 0 Å². The van der Waals surface area contributed by atoms with Crippen LogP contribution in [0.15, 0.2) is 29.2 Å². The van der Waals surface area contributed by atoms with Crippen LogP contribution >= 0.6 is 10.7 Å². The number of nitrogens with zero attached hydrogens (tertiary/aromatic N) is 1. The molecule has 0 spiro atoms. The number of fused-ring (bicyclic) bond motifs is 1. The maximum atomic E-state index is 11.2. The molecule has 0 aliphatic rings. The van der Waals surface area contributed by atoms with Crippen LogP contribution in [0.5, 0.6) is 0 Å². The Morgan fingerprint density at radius 3 is 2.50 bits per heavy atom. The van der Waals surface area contributed by atoms with Crippen molar-refractivity contribution in [1.29, 1.82) is 0 Å². The molecule has 84 valence electrons. The molecule has 0 bridgehead atoms. The first kappa shape index (κ1) is 11.4. The van der Waals surface area contributed by atoms with E-state index in [0.717, 1.165) is 22.2 Å². The summed E-state index contributed by atoms with van der Waals surface area (Å²) in [5, 5.41) is 0.812. The molecule has 0 amide bonds. The number of halogens is 1. The van der Waals surface area contributed by atoms with Gasteiger partial charge in [0.05, 0.1) is 10.4 Å². The van der Waals surface area contributed by atoms with Crippen LogP contribution in [-0.4, -0.2) is 13.4 Å². The molecule has 0 fully saturated rings. The zero-order chi connectivity index (χ0) is 11.9. The van der Waals surface area contributed by atoms with E-state index in [0.29, 0.717) is 0 Å². The second kappa shape index (κ2) is 3.71. The molecule has 2 rings (SSSR count). The SMILES string of the molecule is Cc1cc(C)c2cc(S(=O)(=O)Cl)ccc2n1. The fourth-order valence-electron chi connectivity index (χ4n) is 1.69. The minimum absolute atomic E-state index is 0.107. The zero-order valence-corrected chi connectivity index (χ0v) is 10.4. The van der Waals surface area contributed by atoms with E-state index in [-0.39, 0.29) is 4.90 Å². The van der Waals surface area contributed by atoms with Gasteiger partial charge in [0, 0.05) is 21.8 Å². The Labute approximate surface area is 98.5 Å². The van der Waals surface area contributed by atoms with Gasteiger partial charge in [-0.1, -0.05) is 0 Å². The predicted molar refractivity (Wildman–Crippen MR) is 64.3 cm³/mol. The number of rotatable bonds is 1. The lowest BCUT2D eigenvalue weighted by atomic mass is 10.1. The molecule has 1 heterocycles. The second-order valence-electron chi connectivity index (χ2n) is 3.70. The first-order valence-electron chi connectivity index (χ1n) is 4.70. The standard InChI is InChI=1S/C11H10ClNO2S/c1-7-5-8(2)13-11-4-3-9(6-10(7)11)16(12,14)15/h3-6H,1-2H3. The Hall–Kier alpha value is -1.13. The van der Waals surface area contributed by atoms with Crippen molar-refractivity contribution in [1.82, 2.24) is 4.98 Å². The quantitative estimate of drug-likeness (QED) is 0.736. The molecule has 0 atom stereocenters. The molecule has 3 nitrogen and oxygen atoms in total. The van der Waals surface area contributed by atoms with E-state index >= 15 is 0 Å². The molecule has 0 saturated heterocycles. The van der Waals surface area contributed by atoms with Gasteiger partial charge < -0.3 is 0 Å². The lowest BCUT2D eigenvalue weighted by Gasteiger charge is -2.04. The number of hydrogen-bond donors (Lipinski definition) is 0. The second-order valence-corrected chi connectivity index (χ2v) is 6.26. The summed E-state index contributed by atoms with van der Waals surface area (Å²) < 4.78 is 22.4. The molecule has 0 saturated carbocycles. The maximum absolute atomic E-state index is 11.2. The van der Waals surface area contributed by atoms with E-state index in [1.807, 2.05) is 19.9 Å². The first-order chi connectivity index (χ1) is 7.38. The van der Waals surface area contributed by atoms with Gasteiger partial charge in [0.25, 0.3) is 9.05 Å². The summed E-state index contributed by atoms with van der Waals surface area (Å²) in [6, 6.07) is 6.60. The minimum atomic E-state index is -3.68. The van der Waals surface area contributed by atoms with Gasteiger partial charge in [0.15, 0.2) is 0 Å². The van der Waals surface area contributed by atoms with Crippen molar-refractivity contribution in [3.05, 3.63) is 35.5 Å². The fourth-order valence-corrected chi connectivity index (χ4v) is 2.47. The van der Waals surface area contributed by atoms with Crippen molar-refractivity contribution in [2.45, 2.75) is 18.7 Å². The molecule has 0 unspecified atom stereocenters. The molecule has 2 aromatic rings. The molecule has 0 radical (unpaired) electrons. The summed E-state index contributed by atoms with van der Waals surface area (Å²) in [5.41, 5.74) is 2.68. The Morgan fingerprint density at radius 2 is 1.88 bits per heavy atom. The van der Waals surface area contributed by atoms with Crippen molar-refractivity contribution < 1.29 is 8.42 Å². The van der Waals surface area contributed by atoms with E-state index in [1.165, 1.54) is 6.07 Å². The van der Waals surface area contributed by atoms with Crippen molar-refractivity contribution in [3.8, 4) is 0 Å². The number of aryl methyl sites for hydroxylation is 2. The highest BCUT2D eigenvalue weighted by atomic mass is 35.7. The van der Waals surface area contributed by atoms with E-state index in [4.69, 9.17) is 10.7 Å². The monoisotopic (exact) mass is 255 g/mol. The number of aromatic nitrogens is 1. The molecule has 1 aromatic heterocycles. The van der Waals surface area contributed by atoms with Crippen molar-refractivity contribution in [2.75, 3.05) is 0 Å². The van der Waals surface area contributed by atoms with Crippen molar-refractivity contribution in [2.24, 2.45) is 0 Å². The lowest BCUT2D eigenvalue weighted by Crippen LogP contribution is -1.93. The van der Waals surface area contributed by atoms with Crippen molar-refractivity contribution >= 4 is 30.6 Å². The van der Waals surface area contributed by atoms with Gasteiger partial charge in [0.1, 0.15) is 0 Å². The Balaban J connectivity index is 2.82. The number of benzene rings is 1. The van der Waals surface area contributed by atoms with E-state index in [1.54, 1.807) is 12.1 Å². The van der Waals surface area contributed by atoms with Crippen LogP contribution in [0.25, 0.3) is 10.9 Å². The van der Waals surface area contributed by atoms with E-state index in [9.17, 15) is 8.42 Å². The lowest BCUT2D eigenvalue weighted by molar-refractivity contribution is 0.609. The van der Waals surface area contributed by atoms with E-state index < -0.39 is 9.05 Å². The molecular weight excluding hydrogens is 246 g/mol. The zero-order valence-electron chi connectivity index (χ0n) is 8.86. The molecule has 0 N–H and O–H groups in total. The van der Waals surface area contributed by atoms with Crippen molar-refractivity contribution in [3.63, 3.8) is 0 Å². The summed E-state index contributed by atoms with van der Waals surface area (Å²) in [6.07, 6.45) is 0. The van der Waals surface area contributed by atoms with Gasteiger partial charge in [-0.05, 0) is 43.7 Å². The Bertz CT molecular complexity index is 665. The molecule has 0 aliphatic heterocycles. The summed E-state index contributed by atoms with van der Waals surface area (Å²) >= 11 is 0. The molecular formula is C11H10ClNO2S. The average molecular weight is 256 g/mol. The number of hydrogen-bond acceptors (Lipinski definition) is 3. The highest BCUT2D eigenvalue weighted by molar-refractivity contribution is 8.13. The summed E-state index contributed by atoms with van der Waals surface area (Å²) in [5.74, 6) is 0. The van der Waals surface area contributed by atoms with Crippen LogP contribution in [0.1, 0.15) is 11.3 Å². The van der Waals surface area contributed by atoms with Crippen LogP contribution in [0.2, 0.25) is 0 Å². The Kier molecular flexibility index (Phi) is 2.64. The first-order valence-corrected chi connectivity index (χ1v) is 7.01. The number of pyridine rings is 1. The third-order valence-electron chi connectivity index (χ3n) is 2.40. The molecule has 0 aliphatic carbocycles. The predicted octanol–water partition coefficient (Wildman–Crippen LogP) is 2.78. The van der Waals surface area contributed by atoms with Crippen LogP contribution in [0.3, 0.4) is 0 Å². The van der Waals surface area contributed by atoms with Crippen LogP contribution in [0.4, 0.5) is 0 Å². The average Bonchev–Trinajstić information content (AvgIpc) is 2.15. The third-order valence-corrected chi connectivity index (χ3v) is 3.75. The molecule has 16 heavy (non-hydrogen) atoms. The van der Waals surface area contributed by atoms with Crippen LogP contribution in [-0.2, 0) is 9.05 Å². The van der Waals surface area contributed by atoms with Gasteiger partial charge >= 0.3 is 0 Å². The minimum Gasteiger partial charge on any atom is -0.253 e. The van der Waals surface area contributed by atoms with Crippen LogP contribution < -0.4 is 0 Å². The largest absolute Gasteiger partial charge is 0.261 e. The normalized spacial score (nSPS) is 11.9. The van der Waals surface area contributed by atoms with Gasteiger partial charge in [-0.15, -0.1) is 0 Å². The highest BCUT2D eigenvalue weighted by Gasteiger charge is 2.11. The van der Waals surface area contributed by atoms with Gasteiger partial charge in [-0.3, -0.25) is 4.98 Å². The highest BCUT2D eigenvalue weighted by Crippen LogP contribution is 2.23. The summed E-state index contributed by atoms with van der Waals surface area (Å²) in [4.78, 5) is 4.43. The fraction of sp³-hybridized carbons (Fsp3) is 0.182. The summed E-state index contributed by atoms with van der Waals surface area (Å²) in [6.45, 7) is 3.82. The molecule has 1 aromatic carbocycles. The smallest absolute Gasteiger partial charge is 0.253 e. The van der Waals surface area contributed by atoms with Gasteiger partial charge in [-0.25, -0.2) is 8.42 Å². The topological polar surface area (TPSA) is 47.0 Å². The van der Waals surface area contributed by atoms with Crippen LogP contribution in [0, 0.1) is 13.8 Å². The molecule has 5 heteroatoms. The Morgan fingerprint density at radius 1 is 1.19 bits per heavy atom. The third kappa shape index (κ3) is 2.03. The van der Waals surface area contributed by atoms with Gasteiger partial charge in [-0.2, -0.15) is 0 Å². The summed E-state index contributed by atoms with van der Waals surface area (Å²) in [7, 11) is 1.62. The maximum Gasteiger partial charge on any atom is 0.261 e. The van der Waals surface area contributed by atoms with E-state index in [2.05, 4.69) is 4.98 Å².